The van der Waals surface area contributed by atoms with Crippen molar-refractivity contribution in [1.82, 2.24) is 15.5 Å². The van der Waals surface area contributed by atoms with Crippen molar-refractivity contribution in [3.05, 3.63) is 35.4 Å². The predicted octanol–water partition coefficient (Wildman–Crippen LogP) is 2.99. The summed E-state index contributed by atoms with van der Waals surface area (Å²) in [7, 11) is 6.07. The maximum Gasteiger partial charge on any atom is 0.191 e. The minimum absolute atomic E-state index is 0.564. The van der Waals surface area contributed by atoms with Crippen LogP contribution in [0.25, 0.3) is 0 Å². The van der Waals surface area contributed by atoms with Gasteiger partial charge >= 0.3 is 0 Å². The van der Waals surface area contributed by atoms with Gasteiger partial charge in [0.2, 0.25) is 0 Å². The first-order chi connectivity index (χ1) is 11.1. The second kappa shape index (κ2) is 8.92. The Kier molecular flexibility index (Phi) is 6.90. The first-order valence-electron chi connectivity index (χ1n) is 8.77. The lowest BCUT2D eigenvalue weighted by atomic mass is 9.87. The molecule has 128 valence electrons. The fourth-order valence-corrected chi connectivity index (χ4v) is 3.20. The van der Waals surface area contributed by atoms with Crippen LogP contribution in [-0.2, 0) is 13.1 Å². The quantitative estimate of drug-likeness (QED) is 0.648. The van der Waals surface area contributed by atoms with E-state index in [2.05, 4.69) is 65.8 Å². The number of benzene rings is 1. The highest BCUT2D eigenvalue weighted by Crippen LogP contribution is 2.23. The smallest absolute Gasteiger partial charge is 0.191 e. The van der Waals surface area contributed by atoms with Crippen molar-refractivity contribution in [3.8, 4) is 0 Å². The number of aliphatic imine (C=N–C) groups is 1. The standard InChI is InChI=1S/C19H32N4/c1-15-9-11-18(12-10-15)22-19(20-2)21-13-16-7-5-6-8-17(16)14-23(3)4/h5-8,15,18H,9-14H2,1-4H3,(H2,20,21,22). The summed E-state index contributed by atoms with van der Waals surface area (Å²) in [6, 6.07) is 9.18. The molecular formula is C19H32N4. The summed E-state index contributed by atoms with van der Waals surface area (Å²) in [6.07, 6.45) is 5.14. The van der Waals surface area contributed by atoms with Gasteiger partial charge < -0.3 is 15.5 Å². The molecule has 0 aromatic heterocycles. The Morgan fingerprint density at radius 3 is 2.39 bits per heavy atom. The zero-order chi connectivity index (χ0) is 16.7. The monoisotopic (exact) mass is 316 g/mol. The maximum atomic E-state index is 4.39. The molecule has 1 aromatic carbocycles. The molecule has 0 unspecified atom stereocenters. The highest BCUT2D eigenvalue weighted by molar-refractivity contribution is 5.80. The van der Waals surface area contributed by atoms with Crippen LogP contribution in [0.4, 0.5) is 0 Å². The van der Waals surface area contributed by atoms with Gasteiger partial charge in [0.05, 0.1) is 0 Å². The number of nitrogens with zero attached hydrogens (tertiary/aromatic N) is 2. The Morgan fingerprint density at radius 1 is 1.13 bits per heavy atom. The van der Waals surface area contributed by atoms with Crippen molar-refractivity contribution < 1.29 is 0 Å². The molecule has 4 nitrogen and oxygen atoms in total. The molecule has 1 aromatic rings. The number of nitrogens with one attached hydrogen (secondary N) is 2. The highest BCUT2D eigenvalue weighted by atomic mass is 15.2. The summed E-state index contributed by atoms with van der Waals surface area (Å²) >= 11 is 0. The topological polar surface area (TPSA) is 39.7 Å². The molecule has 0 heterocycles. The molecule has 0 aliphatic heterocycles. The van der Waals surface area contributed by atoms with Gasteiger partial charge in [0.25, 0.3) is 0 Å². The van der Waals surface area contributed by atoms with Crippen molar-refractivity contribution in [3.63, 3.8) is 0 Å². The third kappa shape index (κ3) is 5.87. The summed E-state index contributed by atoms with van der Waals surface area (Å²) in [5, 5.41) is 7.06. The van der Waals surface area contributed by atoms with Crippen molar-refractivity contribution >= 4 is 5.96 Å². The highest BCUT2D eigenvalue weighted by Gasteiger charge is 2.18. The summed E-state index contributed by atoms with van der Waals surface area (Å²) in [6.45, 7) is 4.13. The summed E-state index contributed by atoms with van der Waals surface area (Å²) in [5.74, 6) is 1.80. The first-order valence-corrected chi connectivity index (χ1v) is 8.77. The van der Waals surface area contributed by atoms with Gasteiger partial charge in [0.15, 0.2) is 5.96 Å². The van der Waals surface area contributed by atoms with E-state index >= 15 is 0 Å². The molecule has 0 atom stereocenters. The van der Waals surface area contributed by atoms with Gasteiger partial charge in [-0.2, -0.15) is 0 Å². The van der Waals surface area contributed by atoms with Crippen molar-refractivity contribution in [2.75, 3.05) is 21.1 Å². The first kappa shape index (κ1) is 17.8. The van der Waals surface area contributed by atoms with E-state index in [1.165, 1.54) is 36.8 Å². The zero-order valence-corrected chi connectivity index (χ0v) is 15.1. The van der Waals surface area contributed by atoms with Crippen LogP contribution in [0.5, 0.6) is 0 Å². The van der Waals surface area contributed by atoms with Gasteiger partial charge in [0.1, 0.15) is 0 Å². The van der Waals surface area contributed by atoms with Crippen LogP contribution in [-0.4, -0.2) is 38.0 Å². The molecule has 0 radical (unpaired) electrons. The molecule has 23 heavy (non-hydrogen) atoms. The molecule has 2 rings (SSSR count). The average Bonchev–Trinajstić information content (AvgIpc) is 2.54. The van der Waals surface area contributed by atoms with Crippen LogP contribution in [0.15, 0.2) is 29.3 Å². The lowest BCUT2D eigenvalue weighted by Crippen LogP contribution is -2.44. The zero-order valence-electron chi connectivity index (χ0n) is 15.1. The van der Waals surface area contributed by atoms with Crippen molar-refractivity contribution in [1.29, 1.82) is 0 Å². The van der Waals surface area contributed by atoms with Gasteiger partial charge in [-0.1, -0.05) is 31.2 Å². The normalized spacial score (nSPS) is 22.2. The average molecular weight is 316 g/mol. The van der Waals surface area contributed by atoms with E-state index in [4.69, 9.17) is 0 Å². The van der Waals surface area contributed by atoms with Crippen LogP contribution in [0.2, 0.25) is 0 Å². The Labute approximate surface area is 141 Å². The molecule has 0 amide bonds. The minimum Gasteiger partial charge on any atom is -0.354 e. The minimum atomic E-state index is 0.564. The van der Waals surface area contributed by atoms with Crippen LogP contribution in [0, 0.1) is 5.92 Å². The summed E-state index contributed by atoms with van der Waals surface area (Å²) in [4.78, 5) is 6.59. The molecule has 0 spiro atoms. The van der Waals surface area contributed by atoms with Gasteiger partial charge in [-0.15, -0.1) is 0 Å². The number of hydrogen-bond donors (Lipinski definition) is 2. The summed E-state index contributed by atoms with van der Waals surface area (Å²) < 4.78 is 0. The third-order valence-electron chi connectivity index (χ3n) is 4.63. The van der Waals surface area contributed by atoms with Crippen molar-refractivity contribution in [2.24, 2.45) is 10.9 Å². The van der Waals surface area contributed by atoms with Crippen LogP contribution in [0.3, 0.4) is 0 Å². The Morgan fingerprint density at radius 2 is 1.78 bits per heavy atom. The van der Waals surface area contributed by atoms with Crippen LogP contribution >= 0.6 is 0 Å². The second-order valence-electron chi connectivity index (χ2n) is 7.03. The molecular weight excluding hydrogens is 284 g/mol. The SMILES string of the molecule is CN=C(NCc1ccccc1CN(C)C)NC1CCC(C)CC1. The molecule has 0 bridgehead atoms. The van der Waals surface area contributed by atoms with Gasteiger partial charge in [-0.05, 0) is 56.8 Å². The van der Waals surface area contributed by atoms with Crippen LogP contribution < -0.4 is 10.6 Å². The fourth-order valence-electron chi connectivity index (χ4n) is 3.20. The van der Waals surface area contributed by atoms with E-state index in [0.717, 1.165) is 25.0 Å². The van der Waals surface area contributed by atoms with Gasteiger partial charge in [-0.3, -0.25) is 4.99 Å². The van der Waals surface area contributed by atoms with E-state index in [1.807, 2.05) is 7.05 Å². The number of rotatable bonds is 5. The molecule has 0 saturated heterocycles. The predicted molar refractivity (Wildman–Crippen MR) is 98.6 cm³/mol. The lowest BCUT2D eigenvalue weighted by Gasteiger charge is -2.28. The molecule has 4 heteroatoms. The second-order valence-corrected chi connectivity index (χ2v) is 7.03. The third-order valence-corrected chi connectivity index (χ3v) is 4.63. The van der Waals surface area contributed by atoms with E-state index in [-0.39, 0.29) is 0 Å². The van der Waals surface area contributed by atoms with E-state index < -0.39 is 0 Å². The Hall–Kier alpha value is -1.55. The van der Waals surface area contributed by atoms with Crippen molar-refractivity contribution in [2.45, 2.75) is 51.7 Å². The number of guanidine groups is 1. The van der Waals surface area contributed by atoms with Gasteiger partial charge in [0, 0.05) is 26.2 Å². The van der Waals surface area contributed by atoms with E-state index in [1.54, 1.807) is 0 Å². The molecule has 1 aliphatic carbocycles. The van der Waals surface area contributed by atoms with E-state index in [9.17, 15) is 0 Å². The van der Waals surface area contributed by atoms with Crippen LogP contribution in [0.1, 0.15) is 43.7 Å². The lowest BCUT2D eigenvalue weighted by molar-refractivity contribution is 0.329. The largest absolute Gasteiger partial charge is 0.354 e. The number of hydrogen-bond acceptors (Lipinski definition) is 2. The summed E-state index contributed by atoms with van der Waals surface area (Å²) in [5.41, 5.74) is 2.70. The fraction of sp³-hybridized carbons (Fsp3) is 0.632. The van der Waals surface area contributed by atoms with Gasteiger partial charge in [-0.25, -0.2) is 0 Å². The Balaban J connectivity index is 1.88. The maximum absolute atomic E-state index is 4.39. The molecule has 1 saturated carbocycles. The Bertz CT molecular complexity index is 502. The molecule has 1 fully saturated rings. The molecule has 1 aliphatic rings. The van der Waals surface area contributed by atoms with E-state index in [0.29, 0.717) is 6.04 Å². The molecule has 2 N–H and O–H groups in total.